The second-order valence-corrected chi connectivity index (χ2v) is 4.96. The Morgan fingerprint density at radius 3 is 2.75 bits per heavy atom. The summed E-state index contributed by atoms with van der Waals surface area (Å²) < 4.78 is 1.88. The summed E-state index contributed by atoms with van der Waals surface area (Å²) in [5.41, 5.74) is 2.97. The second-order valence-electron chi connectivity index (χ2n) is 4.26. The lowest BCUT2D eigenvalue weighted by Crippen LogP contribution is -2.02. The highest BCUT2D eigenvalue weighted by Gasteiger charge is 2.14. The molecule has 3 nitrogen and oxygen atoms in total. The first-order chi connectivity index (χ1) is 9.74. The Kier molecular flexibility index (Phi) is 3.35. The van der Waals surface area contributed by atoms with Crippen molar-refractivity contribution >= 4 is 34.2 Å². The fourth-order valence-corrected chi connectivity index (χ4v) is 2.56. The molecule has 3 aromatic rings. The van der Waals surface area contributed by atoms with Gasteiger partial charge in [-0.2, -0.15) is 5.26 Å². The number of benzene rings is 2. The quantitative estimate of drug-likeness (QED) is 0.663. The van der Waals surface area contributed by atoms with E-state index in [-0.39, 0.29) is 5.88 Å². The van der Waals surface area contributed by atoms with Crippen LogP contribution in [0.3, 0.4) is 0 Å². The van der Waals surface area contributed by atoms with Gasteiger partial charge in [0.05, 0.1) is 28.2 Å². The predicted octanol–water partition coefficient (Wildman–Crippen LogP) is 4.29. The van der Waals surface area contributed by atoms with E-state index in [2.05, 4.69) is 11.1 Å². The van der Waals surface area contributed by atoms with Crippen molar-refractivity contribution in [2.75, 3.05) is 0 Å². The Hall–Kier alpha value is -2.02. The van der Waals surface area contributed by atoms with Crippen molar-refractivity contribution in [3.63, 3.8) is 0 Å². The van der Waals surface area contributed by atoms with E-state index in [1.807, 2.05) is 28.8 Å². The summed E-state index contributed by atoms with van der Waals surface area (Å²) >= 11 is 12.1. The molecule has 0 N–H and O–H groups in total. The molecule has 5 heteroatoms. The number of hydrogen-bond donors (Lipinski definition) is 0. The van der Waals surface area contributed by atoms with Gasteiger partial charge < -0.3 is 0 Å². The fourth-order valence-electron chi connectivity index (χ4n) is 2.22. The number of nitriles is 1. The Bertz CT molecular complexity index is 831. The largest absolute Gasteiger partial charge is 0.294 e. The number of hydrogen-bond acceptors (Lipinski definition) is 2. The molecule has 0 bridgehead atoms. The van der Waals surface area contributed by atoms with Crippen molar-refractivity contribution in [3.05, 3.63) is 58.9 Å². The van der Waals surface area contributed by atoms with Gasteiger partial charge in [0.15, 0.2) is 0 Å². The molecule has 0 saturated carbocycles. The van der Waals surface area contributed by atoms with Crippen molar-refractivity contribution in [3.8, 4) is 11.8 Å². The van der Waals surface area contributed by atoms with Crippen LogP contribution in [0.15, 0.2) is 42.5 Å². The normalized spacial score (nSPS) is 10.7. The summed E-state index contributed by atoms with van der Waals surface area (Å²) in [4.78, 5) is 4.49. The SMILES string of the molecule is N#Cc1ccc(Cl)cc1-n1c(CCl)nc2ccccc21. The maximum atomic E-state index is 9.28. The third-order valence-electron chi connectivity index (χ3n) is 3.07. The van der Waals surface area contributed by atoms with E-state index < -0.39 is 0 Å². The lowest BCUT2D eigenvalue weighted by atomic mass is 10.2. The lowest BCUT2D eigenvalue weighted by molar-refractivity contribution is 0.978. The minimum absolute atomic E-state index is 0.256. The Balaban J connectivity index is 2.40. The third kappa shape index (κ3) is 2.03. The van der Waals surface area contributed by atoms with Gasteiger partial charge in [-0.3, -0.25) is 4.57 Å². The molecule has 0 aliphatic carbocycles. The van der Waals surface area contributed by atoms with Crippen LogP contribution in [0.2, 0.25) is 5.02 Å². The van der Waals surface area contributed by atoms with Gasteiger partial charge in [0.1, 0.15) is 11.9 Å². The van der Waals surface area contributed by atoms with E-state index in [0.717, 1.165) is 11.0 Å². The van der Waals surface area contributed by atoms with E-state index in [0.29, 0.717) is 22.1 Å². The number of halogens is 2. The van der Waals surface area contributed by atoms with Gasteiger partial charge in [0.2, 0.25) is 0 Å². The first-order valence-electron chi connectivity index (χ1n) is 5.97. The number of fused-ring (bicyclic) bond motifs is 1. The standard InChI is InChI=1S/C15H9Cl2N3/c16-8-15-19-12-3-1-2-4-13(12)20(15)14-7-11(17)6-5-10(14)9-18/h1-7H,8H2. The molecule has 0 unspecified atom stereocenters. The van der Waals surface area contributed by atoms with Crippen LogP contribution < -0.4 is 0 Å². The molecular weight excluding hydrogens is 293 g/mol. The summed E-state index contributed by atoms with van der Waals surface area (Å²) in [5.74, 6) is 0.943. The number of aromatic nitrogens is 2. The molecule has 0 atom stereocenters. The highest BCUT2D eigenvalue weighted by atomic mass is 35.5. The van der Waals surface area contributed by atoms with Crippen molar-refractivity contribution in [1.82, 2.24) is 9.55 Å². The van der Waals surface area contributed by atoms with Gasteiger partial charge in [-0.05, 0) is 30.3 Å². The van der Waals surface area contributed by atoms with E-state index in [1.54, 1.807) is 18.2 Å². The summed E-state index contributed by atoms with van der Waals surface area (Å²) in [7, 11) is 0. The average molecular weight is 302 g/mol. The minimum atomic E-state index is 0.256. The zero-order valence-corrected chi connectivity index (χ0v) is 11.9. The molecule has 20 heavy (non-hydrogen) atoms. The Labute approximate surface area is 126 Å². The summed E-state index contributed by atoms with van der Waals surface area (Å²) in [6.45, 7) is 0. The Morgan fingerprint density at radius 1 is 1.20 bits per heavy atom. The van der Waals surface area contributed by atoms with Crippen LogP contribution in [-0.2, 0) is 5.88 Å². The molecule has 3 rings (SSSR count). The average Bonchev–Trinajstić information content (AvgIpc) is 2.85. The molecule has 1 aromatic heterocycles. The van der Waals surface area contributed by atoms with Gasteiger partial charge >= 0.3 is 0 Å². The summed E-state index contributed by atoms with van der Waals surface area (Å²) in [6, 6.07) is 15.0. The van der Waals surface area contributed by atoms with Crippen molar-refractivity contribution in [1.29, 1.82) is 5.26 Å². The lowest BCUT2D eigenvalue weighted by Gasteiger charge is -2.10. The Morgan fingerprint density at radius 2 is 2.00 bits per heavy atom. The monoisotopic (exact) mass is 301 g/mol. The van der Waals surface area contributed by atoms with Crippen LogP contribution >= 0.6 is 23.2 Å². The molecule has 0 saturated heterocycles. The molecule has 0 radical (unpaired) electrons. The van der Waals surface area contributed by atoms with E-state index in [9.17, 15) is 5.26 Å². The summed E-state index contributed by atoms with van der Waals surface area (Å²) in [6.07, 6.45) is 0. The molecule has 0 spiro atoms. The summed E-state index contributed by atoms with van der Waals surface area (Å²) in [5, 5.41) is 9.85. The molecule has 0 aliphatic heterocycles. The van der Waals surface area contributed by atoms with Gasteiger partial charge in [-0.25, -0.2) is 4.98 Å². The van der Waals surface area contributed by atoms with Crippen molar-refractivity contribution in [2.45, 2.75) is 5.88 Å². The van der Waals surface area contributed by atoms with Crippen LogP contribution in [-0.4, -0.2) is 9.55 Å². The minimum Gasteiger partial charge on any atom is -0.294 e. The van der Waals surface area contributed by atoms with Crippen LogP contribution in [0, 0.1) is 11.3 Å². The highest BCUT2D eigenvalue weighted by Crippen LogP contribution is 2.26. The number of alkyl halides is 1. The van der Waals surface area contributed by atoms with Crippen LogP contribution in [0.1, 0.15) is 11.4 Å². The smallest absolute Gasteiger partial charge is 0.129 e. The highest BCUT2D eigenvalue weighted by molar-refractivity contribution is 6.30. The van der Waals surface area contributed by atoms with Crippen LogP contribution in [0.5, 0.6) is 0 Å². The van der Waals surface area contributed by atoms with Crippen LogP contribution in [0.4, 0.5) is 0 Å². The van der Waals surface area contributed by atoms with Crippen LogP contribution in [0.25, 0.3) is 16.7 Å². The zero-order chi connectivity index (χ0) is 14.1. The van der Waals surface area contributed by atoms with Gasteiger partial charge in [-0.1, -0.05) is 23.7 Å². The van der Waals surface area contributed by atoms with Gasteiger partial charge in [0.25, 0.3) is 0 Å². The number of nitrogens with zero attached hydrogens (tertiary/aromatic N) is 3. The topological polar surface area (TPSA) is 41.6 Å². The fraction of sp³-hybridized carbons (Fsp3) is 0.0667. The van der Waals surface area contributed by atoms with Crippen molar-refractivity contribution in [2.24, 2.45) is 0 Å². The van der Waals surface area contributed by atoms with Gasteiger partial charge in [0, 0.05) is 5.02 Å². The maximum absolute atomic E-state index is 9.28. The van der Waals surface area contributed by atoms with E-state index in [1.165, 1.54) is 0 Å². The number of para-hydroxylation sites is 2. The molecule has 0 fully saturated rings. The van der Waals surface area contributed by atoms with Gasteiger partial charge in [-0.15, -0.1) is 11.6 Å². The maximum Gasteiger partial charge on any atom is 0.129 e. The zero-order valence-electron chi connectivity index (χ0n) is 10.3. The van der Waals surface area contributed by atoms with E-state index in [4.69, 9.17) is 23.2 Å². The molecule has 1 heterocycles. The first-order valence-corrected chi connectivity index (χ1v) is 6.88. The molecule has 98 valence electrons. The number of rotatable bonds is 2. The third-order valence-corrected chi connectivity index (χ3v) is 3.55. The molecular formula is C15H9Cl2N3. The molecule has 0 aliphatic rings. The van der Waals surface area contributed by atoms with Crippen molar-refractivity contribution < 1.29 is 0 Å². The predicted molar refractivity (Wildman–Crippen MR) is 80.4 cm³/mol. The van der Waals surface area contributed by atoms with E-state index >= 15 is 0 Å². The molecule has 2 aromatic carbocycles. The number of imidazole rings is 1. The molecule has 0 amide bonds. The first kappa shape index (κ1) is 13.0. The second kappa shape index (κ2) is 5.16.